The molecular weight excluding hydrogens is 242 g/mol. The molecule has 1 amide bonds. The maximum Gasteiger partial charge on any atom is 0.326 e. The number of aromatic hydroxyl groups is 2. The van der Waals surface area contributed by atoms with E-state index < -0.39 is 41.6 Å². The summed E-state index contributed by atoms with van der Waals surface area (Å²) in [6, 6.07) is 2.43. The SMILES string of the molecule is O=C(N[C@@H](CCO)C(=O)O)c1c(O)cccc1O. The van der Waals surface area contributed by atoms with Crippen molar-refractivity contribution in [1.82, 2.24) is 5.32 Å². The number of phenols is 2. The molecule has 1 atom stereocenters. The first-order chi connectivity index (χ1) is 8.47. The van der Waals surface area contributed by atoms with Crippen molar-refractivity contribution in [1.29, 1.82) is 0 Å². The average molecular weight is 255 g/mol. The fourth-order valence-corrected chi connectivity index (χ4v) is 1.38. The van der Waals surface area contributed by atoms with Crippen LogP contribution >= 0.6 is 0 Å². The molecule has 0 heterocycles. The lowest BCUT2D eigenvalue weighted by molar-refractivity contribution is -0.139. The van der Waals surface area contributed by atoms with Crippen LogP contribution in [0.15, 0.2) is 18.2 Å². The quantitative estimate of drug-likeness (QED) is 0.490. The van der Waals surface area contributed by atoms with E-state index in [0.717, 1.165) is 0 Å². The van der Waals surface area contributed by atoms with Gasteiger partial charge >= 0.3 is 5.97 Å². The Morgan fingerprint density at radius 2 is 1.78 bits per heavy atom. The van der Waals surface area contributed by atoms with Gasteiger partial charge in [0.25, 0.3) is 5.91 Å². The molecule has 0 aromatic heterocycles. The maximum absolute atomic E-state index is 11.7. The number of hydrogen-bond donors (Lipinski definition) is 5. The van der Waals surface area contributed by atoms with E-state index in [2.05, 4.69) is 5.32 Å². The molecule has 0 fully saturated rings. The summed E-state index contributed by atoms with van der Waals surface area (Å²) in [6.07, 6.45) is -0.171. The molecule has 0 aliphatic rings. The Hall–Kier alpha value is -2.28. The number of aliphatic carboxylic acids is 1. The third-order valence-corrected chi connectivity index (χ3v) is 2.27. The molecule has 5 N–H and O–H groups in total. The highest BCUT2D eigenvalue weighted by Crippen LogP contribution is 2.25. The van der Waals surface area contributed by atoms with Crippen LogP contribution in [0.5, 0.6) is 11.5 Å². The second kappa shape index (κ2) is 5.87. The summed E-state index contributed by atoms with van der Waals surface area (Å²) in [6.45, 7) is -0.413. The van der Waals surface area contributed by atoms with E-state index in [0.29, 0.717) is 0 Å². The van der Waals surface area contributed by atoms with Crippen LogP contribution in [0.25, 0.3) is 0 Å². The van der Waals surface area contributed by atoms with Gasteiger partial charge in [0, 0.05) is 13.0 Å². The molecule has 0 aliphatic carbocycles. The van der Waals surface area contributed by atoms with Gasteiger partial charge in [-0.05, 0) is 12.1 Å². The van der Waals surface area contributed by atoms with Crippen LogP contribution in [-0.2, 0) is 4.79 Å². The molecule has 0 spiro atoms. The standard InChI is InChI=1S/C11H13NO6/c13-5-4-6(11(17)18)12-10(16)9-7(14)2-1-3-8(9)15/h1-3,6,13-15H,4-5H2,(H,12,16)(H,17,18)/t6-/m0/s1. The molecule has 0 saturated carbocycles. The molecule has 98 valence electrons. The van der Waals surface area contributed by atoms with Crippen molar-refractivity contribution < 1.29 is 30.0 Å². The fourth-order valence-electron chi connectivity index (χ4n) is 1.38. The maximum atomic E-state index is 11.7. The largest absolute Gasteiger partial charge is 0.507 e. The highest BCUT2D eigenvalue weighted by molar-refractivity contribution is 6.01. The van der Waals surface area contributed by atoms with Gasteiger partial charge < -0.3 is 25.7 Å². The number of carboxylic acids is 1. The Balaban J connectivity index is 2.90. The zero-order valence-electron chi connectivity index (χ0n) is 9.33. The minimum absolute atomic E-state index is 0.171. The average Bonchev–Trinajstić information content (AvgIpc) is 2.28. The number of aliphatic hydroxyl groups is 1. The van der Waals surface area contributed by atoms with Gasteiger partial charge in [0.2, 0.25) is 0 Å². The van der Waals surface area contributed by atoms with Crippen LogP contribution in [0.1, 0.15) is 16.8 Å². The highest BCUT2D eigenvalue weighted by Gasteiger charge is 2.23. The van der Waals surface area contributed by atoms with Crippen molar-refractivity contribution >= 4 is 11.9 Å². The normalized spacial score (nSPS) is 11.8. The van der Waals surface area contributed by atoms with Gasteiger partial charge in [0.05, 0.1) is 0 Å². The van der Waals surface area contributed by atoms with Crippen molar-refractivity contribution in [3.05, 3.63) is 23.8 Å². The third kappa shape index (κ3) is 3.11. The second-order valence-electron chi connectivity index (χ2n) is 3.55. The lowest BCUT2D eigenvalue weighted by atomic mass is 10.1. The molecule has 18 heavy (non-hydrogen) atoms. The predicted octanol–water partition coefficient (Wildman–Crippen LogP) is -0.337. The second-order valence-corrected chi connectivity index (χ2v) is 3.55. The summed E-state index contributed by atoms with van der Waals surface area (Å²) in [5.74, 6) is -3.15. The summed E-state index contributed by atoms with van der Waals surface area (Å²) in [4.78, 5) is 22.5. The van der Waals surface area contributed by atoms with Gasteiger partial charge in [-0.3, -0.25) is 4.79 Å². The van der Waals surface area contributed by atoms with Gasteiger partial charge in [-0.1, -0.05) is 6.07 Å². The topological polar surface area (TPSA) is 127 Å². The van der Waals surface area contributed by atoms with E-state index in [-0.39, 0.29) is 6.42 Å². The molecule has 0 unspecified atom stereocenters. The summed E-state index contributed by atoms with van der Waals surface area (Å²) >= 11 is 0. The summed E-state index contributed by atoms with van der Waals surface area (Å²) < 4.78 is 0. The smallest absolute Gasteiger partial charge is 0.326 e. The molecule has 7 heteroatoms. The van der Waals surface area contributed by atoms with E-state index in [1.165, 1.54) is 18.2 Å². The Morgan fingerprint density at radius 3 is 2.22 bits per heavy atom. The van der Waals surface area contributed by atoms with E-state index >= 15 is 0 Å². The number of phenolic OH excluding ortho intramolecular Hbond substituents is 2. The van der Waals surface area contributed by atoms with Gasteiger partial charge in [0.15, 0.2) is 0 Å². The van der Waals surface area contributed by atoms with Crippen LogP contribution in [0.4, 0.5) is 0 Å². The van der Waals surface area contributed by atoms with Crippen LogP contribution in [0.2, 0.25) is 0 Å². The number of carbonyl (C=O) groups is 2. The summed E-state index contributed by atoms with van der Waals surface area (Å²) in [5, 5.41) is 38.4. The summed E-state index contributed by atoms with van der Waals surface area (Å²) in [5.41, 5.74) is -0.401. The number of rotatable bonds is 5. The molecule has 1 rings (SSSR count). The van der Waals surface area contributed by atoms with E-state index in [1.54, 1.807) is 0 Å². The first-order valence-corrected chi connectivity index (χ1v) is 5.12. The molecule has 0 bridgehead atoms. The monoisotopic (exact) mass is 255 g/mol. The van der Waals surface area contributed by atoms with Gasteiger partial charge in [-0.25, -0.2) is 4.79 Å². The number of aliphatic hydroxyl groups excluding tert-OH is 1. The van der Waals surface area contributed by atoms with Crippen molar-refractivity contribution in [2.45, 2.75) is 12.5 Å². The fraction of sp³-hybridized carbons (Fsp3) is 0.273. The van der Waals surface area contributed by atoms with Gasteiger partial charge in [0.1, 0.15) is 23.1 Å². The van der Waals surface area contributed by atoms with Crippen molar-refractivity contribution in [2.24, 2.45) is 0 Å². The van der Waals surface area contributed by atoms with Crippen LogP contribution in [-0.4, -0.2) is 45.0 Å². The number of carboxylic acid groups (broad SMARTS) is 1. The van der Waals surface area contributed by atoms with Crippen LogP contribution in [0.3, 0.4) is 0 Å². The molecule has 7 nitrogen and oxygen atoms in total. The third-order valence-electron chi connectivity index (χ3n) is 2.27. The van der Waals surface area contributed by atoms with Crippen molar-refractivity contribution in [3.63, 3.8) is 0 Å². The molecular formula is C11H13NO6. The first-order valence-electron chi connectivity index (χ1n) is 5.12. The Bertz CT molecular complexity index is 439. The Labute approximate surface area is 102 Å². The lowest BCUT2D eigenvalue weighted by Crippen LogP contribution is -2.41. The number of hydrogen-bond acceptors (Lipinski definition) is 5. The summed E-state index contributed by atoms with van der Waals surface area (Å²) in [7, 11) is 0. The number of amides is 1. The molecule has 1 aromatic carbocycles. The molecule has 0 saturated heterocycles. The van der Waals surface area contributed by atoms with E-state index in [1.807, 2.05) is 0 Å². The van der Waals surface area contributed by atoms with Crippen LogP contribution in [0, 0.1) is 0 Å². The van der Waals surface area contributed by atoms with E-state index in [9.17, 15) is 19.8 Å². The molecule has 0 radical (unpaired) electrons. The zero-order valence-corrected chi connectivity index (χ0v) is 9.33. The first kappa shape index (κ1) is 13.8. The highest BCUT2D eigenvalue weighted by atomic mass is 16.4. The van der Waals surface area contributed by atoms with Crippen molar-refractivity contribution in [2.75, 3.05) is 6.61 Å². The van der Waals surface area contributed by atoms with Gasteiger partial charge in [-0.2, -0.15) is 0 Å². The predicted molar refractivity (Wildman–Crippen MR) is 60.4 cm³/mol. The molecule has 0 aliphatic heterocycles. The Kier molecular flexibility index (Phi) is 4.50. The van der Waals surface area contributed by atoms with E-state index in [4.69, 9.17) is 10.2 Å². The zero-order chi connectivity index (χ0) is 13.7. The minimum atomic E-state index is -1.31. The molecule has 1 aromatic rings. The number of nitrogens with one attached hydrogen (secondary N) is 1. The minimum Gasteiger partial charge on any atom is -0.507 e. The van der Waals surface area contributed by atoms with Crippen LogP contribution < -0.4 is 5.32 Å². The lowest BCUT2D eigenvalue weighted by Gasteiger charge is -2.14. The number of carbonyl (C=O) groups excluding carboxylic acids is 1. The number of benzene rings is 1. The Morgan fingerprint density at radius 1 is 1.22 bits per heavy atom. The van der Waals surface area contributed by atoms with Crippen molar-refractivity contribution in [3.8, 4) is 11.5 Å². The van der Waals surface area contributed by atoms with Gasteiger partial charge in [-0.15, -0.1) is 0 Å².